The lowest BCUT2D eigenvalue weighted by Gasteiger charge is -2.32. The number of nitrogens with zero attached hydrogens (tertiary/aromatic N) is 5. The van der Waals surface area contributed by atoms with E-state index in [1.54, 1.807) is 6.07 Å². The molecule has 4 aromatic rings. The molecule has 10 nitrogen and oxygen atoms in total. The number of hydrogen-bond acceptors (Lipinski definition) is 7. The van der Waals surface area contributed by atoms with E-state index < -0.39 is 4.92 Å². The van der Waals surface area contributed by atoms with Crippen LogP contribution in [-0.2, 0) is 0 Å². The molecule has 1 saturated heterocycles. The normalized spacial score (nSPS) is 15.5. The van der Waals surface area contributed by atoms with Gasteiger partial charge >= 0.3 is 0 Å². The number of aromatic amines is 2. The molecule has 5 rings (SSSR count). The van der Waals surface area contributed by atoms with Gasteiger partial charge in [-0.25, -0.2) is 4.98 Å². The SMILES string of the molecule is CN1CCN(CCCNc2ccc3nc(-c4n[nH]c5cc([N+](=O)[O-])ccc45)[nH]c3c2)CC1. The number of anilines is 1. The van der Waals surface area contributed by atoms with Crippen LogP contribution in [0.25, 0.3) is 33.5 Å². The molecule has 0 bridgehead atoms. The summed E-state index contributed by atoms with van der Waals surface area (Å²) >= 11 is 0. The zero-order valence-corrected chi connectivity index (χ0v) is 18.0. The van der Waals surface area contributed by atoms with Crippen LogP contribution >= 0.6 is 0 Å². The van der Waals surface area contributed by atoms with Gasteiger partial charge in [0, 0.05) is 55.9 Å². The first-order valence-electron chi connectivity index (χ1n) is 10.8. The third-order valence-electron chi connectivity index (χ3n) is 6.04. The minimum absolute atomic E-state index is 0.0284. The van der Waals surface area contributed by atoms with Crippen molar-refractivity contribution in [3.05, 3.63) is 46.5 Å². The van der Waals surface area contributed by atoms with Crippen molar-refractivity contribution in [3.8, 4) is 11.5 Å². The monoisotopic (exact) mass is 434 g/mol. The third kappa shape index (κ3) is 4.14. The van der Waals surface area contributed by atoms with Crippen molar-refractivity contribution in [1.29, 1.82) is 0 Å². The summed E-state index contributed by atoms with van der Waals surface area (Å²) in [6.45, 7) is 6.62. The Kier molecular flexibility index (Phi) is 5.46. The van der Waals surface area contributed by atoms with Gasteiger partial charge in [-0.15, -0.1) is 0 Å². The molecule has 0 saturated carbocycles. The number of H-pyrrole nitrogens is 2. The van der Waals surface area contributed by atoms with Crippen molar-refractivity contribution in [1.82, 2.24) is 30.0 Å². The maximum atomic E-state index is 11.0. The minimum Gasteiger partial charge on any atom is -0.385 e. The lowest BCUT2D eigenvalue weighted by Crippen LogP contribution is -2.44. The molecule has 2 aromatic heterocycles. The quantitative estimate of drug-likeness (QED) is 0.232. The Morgan fingerprint density at radius 2 is 1.97 bits per heavy atom. The van der Waals surface area contributed by atoms with Gasteiger partial charge in [-0.1, -0.05) is 0 Å². The molecule has 3 heterocycles. The zero-order chi connectivity index (χ0) is 22.1. The topological polar surface area (TPSA) is 119 Å². The summed E-state index contributed by atoms with van der Waals surface area (Å²) in [6, 6.07) is 10.7. The van der Waals surface area contributed by atoms with Crippen LogP contribution in [0, 0.1) is 10.1 Å². The molecule has 0 aliphatic carbocycles. The first kappa shape index (κ1) is 20.4. The Balaban J connectivity index is 1.26. The summed E-state index contributed by atoms with van der Waals surface area (Å²) < 4.78 is 0. The number of rotatable bonds is 7. The second kappa shape index (κ2) is 8.56. The number of hydrogen-bond donors (Lipinski definition) is 3. The van der Waals surface area contributed by atoms with Crippen molar-refractivity contribution < 1.29 is 4.92 Å². The van der Waals surface area contributed by atoms with E-state index in [4.69, 9.17) is 0 Å². The Morgan fingerprint density at radius 3 is 2.78 bits per heavy atom. The summed E-state index contributed by atoms with van der Waals surface area (Å²) in [7, 11) is 2.18. The number of aromatic nitrogens is 4. The number of imidazole rings is 1. The smallest absolute Gasteiger partial charge is 0.271 e. The molecule has 32 heavy (non-hydrogen) atoms. The molecule has 166 valence electrons. The Morgan fingerprint density at radius 1 is 1.12 bits per heavy atom. The number of nitro groups is 1. The number of piperazine rings is 1. The average molecular weight is 435 g/mol. The highest BCUT2D eigenvalue weighted by Crippen LogP contribution is 2.29. The van der Waals surface area contributed by atoms with Gasteiger partial charge in [0.1, 0.15) is 5.69 Å². The Hall–Kier alpha value is -3.50. The van der Waals surface area contributed by atoms with Gasteiger partial charge in [0.2, 0.25) is 0 Å². The molecule has 1 aliphatic rings. The maximum Gasteiger partial charge on any atom is 0.271 e. The number of likely N-dealkylation sites (N-methyl/N-ethyl adjacent to an activating group) is 1. The Bertz CT molecular complexity index is 1260. The summed E-state index contributed by atoms with van der Waals surface area (Å²) in [5.41, 5.74) is 4.10. The minimum atomic E-state index is -0.416. The van der Waals surface area contributed by atoms with E-state index >= 15 is 0 Å². The summed E-state index contributed by atoms with van der Waals surface area (Å²) in [4.78, 5) is 23.5. The molecule has 3 N–H and O–H groups in total. The van der Waals surface area contributed by atoms with Crippen molar-refractivity contribution in [2.45, 2.75) is 6.42 Å². The number of nitro benzene ring substituents is 1. The van der Waals surface area contributed by atoms with E-state index in [2.05, 4.69) is 48.4 Å². The van der Waals surface area contributed by atoms with E-state index in [0.717, 1.165) is 67.8 Å². The summed E-state index contributed by atoms with van der Waals surface area (Å²) in [5, 5.41) is 22.5. The first-order chi connectivity index (χ1) is 15.6. The lowest BCUT2D eigenvalue weighted by atomic mass is 10.2. The van der Waals surface area contributed by atoms with Crippen LogP contribution in [0.4, 0.5) is 11.4 Å². The summed E-state index contributed by atoms with van der Waals surface area (Å²) in [5.74, 6) is 0.632. The molecule has 10 heteroatoms. The molecule has 1 fully saturated rings. The highest BCUT2D eigenvalue weighted by atomic mass is 16.6. The van der Waals surface area contributed by atoms with E-state index in [9.17, 15) is 10.1 Å². The standard InChI is InChI=1S/C22H26N8O2/c1-28-9-11-29(12-10-28)8-2-7-23-15-3-6-18-20(13-15)25-22(24-18)21-17-5-4-16(30(31)32)14-19(17)26-27-21/h3-6,13-14,23H,2,7-12H2,1H3,(H,24,25)(H,26,27). The third-order valence-corrected chi connectivity index (χ3v) is 6.04. The van der Waals surface area contributed by atoms with E-state index in [-0.39, 0.29) is 5.69 Å². The average Bonchev–Trinajstić information content (AvgIpc) is 3.40. The molecule has 0 unspecified atom stereocenters. The van der Waals surface area contributed by atoms with Gasteiger partial charge in [0.15, 0.2) is 5.82 Å². The highest BCUT2D eigenvalue weighted by Gasteiger charge is 2.16. The van der Waals surface area contributed by atoms with Crippen LogP contribution in [-0.4, -0.2) is 81.2 Å². The lowest BCUT2D eigenvalue weighted by molar-refractivity contribution is -0.384. The second-order valence-electron chi connectivity index (χ2n) is 8.30. The van der Waals surface area contributed by atoms with Gasteiger partial charge in [0.25, 0.3) is 5.69 Å². The summed E-state index contributed by atoms with van der Waals surface area (Å²) in [6.07, 6.45) is 1.10. The van der Waals surface area contributed by atoms with Crippen molar-refractivity contribution in [2.24, 2.45) is 0 Å². The zero-order valence-electron chi connectivity index (χ0n) is 18.0. The molecular formula is C22H26N8O2. The van der Waals surface area contributed by atoms with Crippen molar-refractivity contribution >= 4 is 33.3 Å². The fraction of sp³-hybridized carbons (Fsp3) is 0.364. The molecule has 0 spiro atoms. The van der Waals surface area contributed by atoms with Crippen LogP contribution in [0.5, 0.6) is 0 Å². The van der Waals surface area contributed by atoms with E-state index in [1.807, 2.05) is 12.1 Å². The van der Waals surface area contributed by atoms with Crippen LogP contribution in [0.15, 0.2) is 36.4 Å². The van der Waals surface area contributed by atoms with Crippen molar-refractivity contribution in [2.75, 3.05) is 51.6 Å². The van der Waals surface area contributed by atoms with Crippen molar-refractivity contribution in [3.63, 3.8) is 0 Å². The molecular weight excluding hydrogens is 408 g/mol. The predicted molar refractivity (Wildman–Crippen MR) is 125 cm³/mol. The predicted octanol–water partition coefficient (Wildman–Crippen LogP) is 3.06. The molecule has 0 radical (unpaired) electrons. The molecule has 2 aromatic carbocycles. The first-order valence-corrected chi connectivity index (χ1v) is 10.8. The van der Waals surface area contributed by atoms with Gasteiger partial charge in [-0.2, -0.15) is 5.10 Å². The van der Waals surface area contributed by atoms with E-state index in [1.165, 1.54) is 12.1 Å². The molecule has 0 amide bonds. The second-order valence-corrected chi connectivity index (χ2v) is 8.30. The number of non-ortho nitro benzene ring substituents is 1. The molecule has 0 atom stereocenters. The largest absolute Gasteiger partial charge is 0.385 e. The number of benzene rings is 2. The van der Waals surface area contributed by atoms with Crippen LogP contribution in [0.2, 0.25) is 0 Å². The number of fused-ring (bicyclic) bond motifs is 2. The van der Waals surface area contributed by atoms with Gasteiger partial charge in [-0.3, -0.25) is 15.2 Å². The van der Waals surface area contributed by atoms with Gasteiger partial charge < -0.3 is 20.1 Å². The Labute approximate surface area is 184 Å². The fourth-order valence-corrected chi connectivity index (χ4v) is 4.14. The van der Waals surface area contributed by atoms with Crippen LogP contribution < -0.4 is 5.32 Å². The fourth-order valence-electron chi connectivity index (χ4n) is 4.14. The number of nitrogens with one attached hydrogen (secondary N) is 3. The molecule has 1 aliphatic heterocycles. The van der Waals surface area contributed by atoms with Gasteiger partial charge in [0.05, 0.1) is 21.5 Å². The van der Waals surface area contributed by atoms with Crippen LogP contribution in [0.1, 0.15) is 6.42 Å². The van der Waals surface area contributed by atoms with Gasteiger partial charge in [-0.05, 0) is 44.3 Å². The van der Waals surface area contributed by atoms with E-state index in [0.29, 0.717) is 17.0 Å². The highest BCUT2D eigenvalue weighted by molar-refractivity contribution is 5.94. The maximum absolute atomic E-state index is 11.0. The van der Waals surface area contributed by atoms with Crippen LogP contribution in [0.3, 0.4) is 0 Å².